The van der Waals surface area contributed by atoms with Crippen LogP contribution >= 0.6 is 0 Å². The van der Waals surface area contributed by atoms with Crippen LogP contribution in [0.2, 0.25) is 0 Å². The van der Waals surface area contributed by atoms with Crippen LogP contribution in [0.5, 0.6) is 0 Å². The van der Waals surface area contributed by atoms with Gasteiger partial charge in [-0.05, 0) is 32.6 Å². The van der Waals surface area contributed by atoms with Gasteiger partial charge >= 0.3 is 0 Å². The van der Waals surface area contributed by atoms with Crippen molar-refractivity contribution in [3.8, 4) is 12.3 Å². The lowest BCUT2D eigenvalue weighted by atomic mass is 9.78. The second kappa shape index (κ2) is 6.29. The molecule has 1 amide bonds. The van der Waals surface area contributed by atoms with Crippen molar-refractivity contribution in [3.05, 3.63) is 17.2 Å². The molecule has 2 aliphatic heterocycles. The first-order valence-corrected chi connectivity index (χ1v) is 9.34. The van der Waals surface area contributed by atoms with Crippen LogP contribution in [0.25, 0.3) is 0 Å². The van der Waals surface area contributed by atoms with E-state index < -0.39 is 0 Å². The molecule has 0 bridgehead atoms. The van der Waals surface area contributed by atoms with Crippen LogP contribution in [0.1, 0.15) is 68.1 Å². The molecule has 3 heterocycles. The molecule has 0 unspecified atom stereocenters. The Balaban J connectivity index is 1.41. The molecule has 132 valence electrons. The number of rotatable bonds is 5. The maximum absolute atomic E-state index is 12.9. The normalized spacial score (nSPS) is 25.8. The Labute approximate surface area is 148 Å². The standard InChI is InChI=1S/C19H25N5O/c1-3-4-10-19(22-23-19)11-9-17(25)24-12-5-6-14-16(24)8-7-15-18(14)21-13(2)20-15/h1,14,16H,4-12H2,2H3,(H,20,21)/t14-,16-/m1/s1. The number of terminal acetylenes is 1. The number of aromatic amines is 1. The Hall–Kier alpha value is -2.16. The van der Waals surface area contributed by atoms with Crippen LogP contribution in [0, 0.1) is 19.3 Å². The van der Waals surface area contributed by atoms with Gasteiger partial charge in [-0.3, -0.25) is 4.79 Å². The number of hydrogen-bond acceptors (Lipinski definition) is 4. The number of aryl methyl sites for hydroxylation is 2. The predicted molar refractivity (Wildman–Crippen MR) is 94.0 cm³/mol. The van der Waals surface area contributed by atoms with Crippen molar-refractivity contribution in [1.29, 1.82) is 0 Å². The Bertz CT molecular complexity index is 737. The molecule has 1 N–H and O–H groups in total. The lowest BCUT2D eigenvalue weighted by Gasteiger charge is -2.43. The number of imidazole rings is 1. The van der Waals surface area contributed by atoms with Gasteiger partial charge in [0, 0.05) is 49.9 Å². The van der Waals surface area contributed by atoms with E-state index in [-0.39, 0.29) is 11.6 Å². The molecule has 6 heteroatoms. The first kappa shape index (κ1) is 16.3. The molecule has 4 rings (SSSR count). The number of amides is 1. The number of H-pyrrole nitrogens is 1. The van der Waals surface area contributed by atoms with Crippen LogP contribution in [0.3, 0.4) is 0 Å². The van der Waals surface area contributed by atoms with E-state index in [0.717, 1.165) is 44.5 Å². The van der Waals surface area contributed by atoms with E-state index in [1.807, 2.05) is 6.92 Å². The van der Waals surface area contributed by atoms with E-state index in [2.05, 4.69) is 26.0 Å². The second-order valence-electron chi connectivity index (χ2n) is 7.51. The number of carbonyl (C=O) groups excluding carboxylic acids is 1. The van der Waals surface area contributed by atoms with E-state index in [9.17, 15) is 4.79 Å². The number of nitrogens with one attached hydrogen (secondary N) is 1. The third kappa shape index (κ3) is 3.08. The van der Waals surface area contributed by atoms with Gasteiger partial charge in [0.05, 0.1) is 5.69 Å². The molecule has 2 atom stereocenters. The zero-order chi connectivity index (χ0) is 17.4. The predicted octanol–water partition coefficient (Wildman–Crippen LogP) is 3.09. The van der Waals surface area contributed by atoms with Gasteiger partial charge in [-0.15, -0.1) is 12.3 Å². The molecule has 1 aromatic rings. The fraction of sp³-hybridized carbons (Fsp3) is 0.684. The minimum Gasteiger partial charge on any atom is -0.346 e. The summed E-state index contributed by atoms with van der Waals surface area (Å²) in [6.07, 6.45) is 12.1. The average molecular weight is 339 g/mol. The Kier molecular flexibility index (Phi) is 4.10. The van der Waals surface area contributed by atoms with E-state index >= 15 is 0 Å². The van der Waals surface area contributed by atoms with Crippen LogP contribution in [0.4, 0.5) is 0 Å². The van der Waals surface area contributed by atoms with Crippen LogP contribution in [-0.2, 0) is 11.2 Å². The van der Waals surface area contributed by atoms with Gasteiger partial charge in [-0.25, -0.2) is 4.98 Å². The quantitative estimate of drug-likeness (QED) is 0.837. The molecule has 0 spiro atoms. The number of nitrogens with zero attached hydrogens (tertiary/aromatic N) is 4. The van der Waals surface area contributed by atoms with Crippen molar-refractivity contribution < 1.29 is 4.79 Å². The minimum absolute atomic E-state index is 0.239. The highest BCUT2D eigenvalue weighted by atomic mass is 16.2. The summed E-state index contributed by atoms with van der Waals surface area (Å²) in [7, 11) is 0. The maximum Gasteiger partial charge on any atom is 0.223 e. The van der Waals surface area contributed by atoms with Crippen molar-refractivity contribution in [1.82, 2.24) is 14.9 Å². The first-order valence-electron chi connectivity index (χ1n) is 9.34. The molecule has 25 heavy (non-hydrogen) atoms. The van der Waals surface area contributed by atoms with Gasteiger partial charge in [-0.1, -0.05) is 0 Å². The van der Waals surface area contributed by atoms with Crippen molar-refractivity contribution in [2.75, 3.05) is 6.54 Å². The molecule has 1 aromatic heterocycles. The van der Waals surface area contributed by atoms with Crippen molar-refractivity contribution >= 4 is 5.91 Å². The highest BCUT2D eigenvalue weighted by Gasteiger charge is 2.43. The molecule has 0 radical (unpaired) electrons. The van der Waals surface area contributed by atoms with E-state index in [1.165, 1.54) is 11.4 Å². The molecule has 6 nitrogen and oxygen atoms in total. The summed E-state index contributed by atoms with van der Waals surface area (Å²) in [4.78, 5) is 23.1. The summed E-state index contributed by atoms with van der Waals surface area (Å²) in [6.45, 7) is 2.88. The van der Waals surface area contributed by atoms with E-state index in [1.54, 1.807) is 0 Å². The third-order valence-corrected chi connectivity index (χ3v) is 5.86. The van der Waals surface area contributed by atoms with Gasteiger partial charge in [0.2, 0.25) is 5.91 Å². The summed E-state index contributed by atoms with van der Waals surface area (Å²) < 4.78 is 0. The van der Waals surface area contributed by atoms with Crippen molar-refractivity contribution in [3.63, 3.8) is 0 Å². The second-order valence-corrected chi connectivity index (χ2v) is 7.51. The molecule has 0 aromatic carbocycles. The zero-order valence-electron chi connectivity index (χ0n) is 14.8. The number of fused-ring (bicyclic) bond motifs is 3. The van der Waals surface area contributed by atoms with Crippen LogP contribution < -0.4 is 0 Å². The number of aromatic nitrogens is 2. The maximum atomic E-state index is 12.9. The number of likely N-dealkylation sites (tertiary alicyclic amines) is 1. The van der Waals surface area contributed by atoms with Crippen LogP contribution in [-0.4, -0.2) is 39.0 Å². The molecule has 1 saturated heterocycles. The van der Waals surface area contributed by atoms with Crippen molar-refractivity contribution in [2.45, 2.75) is 75.9 Å². The minimum atomic E-state index is -0.365. The number of hydrogen-bond donors (Lipinski definition) is 1. The SMILES string of the molecule is C#CCCC1(CCC(=O)N2CCC[C@H]3c4nc(C)[nH]c4CC[C@H]32)N=N1. The molecular formula is C19H25N5O. The number of piperidine rings is 1. The molecule has 1 fully saturated rings. The fourth-order valence-corrected chi connectivity index (χ4v) is 4.51. The van der Waals surface area contributed by atoms with E-state index in [0.29, 0.717) is 31.2 Å². The summed E-state index contributed by atoms with van der Waals surface area (Å²) >= 11 is 0. The fourth-order valence-electron chi connectivity index (χ4n) is 4.51. The van der Waals surface area contributed by atoms with E-state index in [4.69, 9.17) is 11.4 Å². The van der Waals surface area contributed by atoms with Crippen LogP contribution in [0.15, 0.2) is 10.2 Å². The van der Waals surface area contributed by atoms with Gasteiger partial charge in [0.1, 0.15) is 5.82 Å². The topological polar surface area (TPSA) is 73.7 Å². The van der Waals surface area contributed by atoms with Crippen molar-refractivity contribution in [2.24, 2.45) is 10.2 Å². The number of carbonyl (C=O) groups is 1. The summed E-state index contributed by atoms with van der Waals surface area (Å²) in [5.41, 5.74) is 2.11. The zero-order valence-corrected chi connectivity index (χ0v) is 14.8. The third-order valence-electron chi connectivity index (χ3n) is 5.86. The Morgan fingerprint density at radius 1 is 1.40 bits per heavy atom. The smallest absolute Gasteiger partial charge is 0.223 e. The Morgan fingerprint density at radius 2 is 2.24 bits per heavy atom. The molecular weight excluding hydrogens is 314 g/mol. The molecule has 0 saturated carbocycles. The van der Waals surface area contributed by atoms with Gasteiger partial charge in [0.25, 0.3) is 0 Å². The average Bonchev–Trinajstić information content (AvgIpc) is 3.29. The lowest BCUT2D eigenvalue weighted by molar-refractivity contribution is -0.136. The molecule has 3 aliphatic rings. The first-order chi connectivity index (χ1) is 12.1. The Morgan fingerprint density at radius 3 is 3.00 bits per heavy atom. The molecule has 1 aliphatic carbocycles. The monoisotopic (exact) mass is 339 g/mol. The van der Waals surface area contributed by atoms with Gasteiger partial charge < -0.3 is 9.88 Å². The lowest BCUT2D eigenvalue weighted by Crippen LogP contribution is -2.49. The largest absolute Gasteiger partial charge is 0.346 e. The highest BCUT2D eigenvalue weighted by molar-refractivity contribution is 5.77. The highest BCUT2D eigenvalue weighted by Crippen LogP contribution is 2.41. The summed E-state index contributed by atoms with van der Waals surface area (Å²) in [6, 6.07) is 0.297. The summed E-state index contributed by atoms with van der Waals surface area (Å²) in [5, 5.41) is 8.29. The van der Waals surface area contributed by atoms with Gasteiger partial charge in [0.15, 0.2) is 5.66 Å². The van der Waals surface area contributed by atoms with Gasteiger partial charge in [-0.2, -0.15) is 10.2 Å². The summed E-state index contributed by atoms with van der Waals surface area (Å²) in [5.74, 6) is 4.25.